The summed E-state index contributed by atoms with van der Waals surface area (Å²) < 4.78 is 28.5. The monoisotopic (exact) mass is 481 g/mol. The van der Waals surface area contributed by atoms with Crippen LogP contribution >= 0.6 is 0 Å². The fraction of sp³-hybridized carbons (Fsp3) is 0.391. The van der Waals surface area contributed by atoms with E-state index in [4.69, 9.17) is 14.5 Å². The van der Waals surface area contributed by atoms with E-state index >= 15 is 0 Å². The molecule has 2 aliphatic heterocycles. The Morgan fingerprint density at radius 3 is 2.83 bits per heavy atom. The molecule has 1 amide bonds. The lowest BCUT2D eigenvalue weighted by molar-refractivity contribution is 0.0888. The highest BCUT2D eigenvalue weighted by Crippen LogP contribution is 2.35. The Labute approximate surface area is 198 Å². The summed E-state index contributed by atoms with van der Waals surface area (Å²) in [5.74, 6) is 0.208. The molecule has 12 heteroatoms. The summed E-state index contributed by atoms with van der Waals surface area (Å²) in [4.78, 5) is 22.3. The first kappa shape index (κ1) is 21.9. The molecule has 6 heterocycles. The topological polar surface area (TPSA) is 128 Å². The molecule has 3 N–H and O–H groups in total. The van der Waals surface area contributed by atoms with Crippen LogP contribution in [0.4, 0.5) is 10.2 Å². The van der Waals surface area contributed by atoms with Crippen molar-refractivity contribution in [1.82, 2.24) is 29.5 Å². The summed E-state index contributed by atoms with van der Waals surface area (Å²) in [5, 5.41) is 21.0. The normalized spacial score (nSPS) is 24.4. The fourth-order valence-corrected chi connectivity index (χ4v) is 4.68. The highest BCUT2D eigenvalue weighted by atomic mass is 19.1. The van der Waals surface area contributed by atoms with E-state index in [2.05, 4.69) is 20.7 Å². The van der Waals surface area contributed by atoms with E-state index in [1.165, 1.54) is 6.20 Å². The van der Waals surface area contributed by atoms with E-state index in [-0.39, 0.29) is 32.0 Å². The molecule has 2 saturated heterocycles. The van der Waals surface area contributed by atoms with Crippen LogP contribution in [0.2, 0.25) is 0 Å². The van der Waals surface area contributed by atoms with Crippen molar-refractivity contribution < 1.29 is 23.8 Å². The SMILES string of the molecule is CNc1cc(-c2cn([C@@H]3COC[C@@H]3F)c3ncccc23)nc2c(C(=O)NC3COCC3O)cnn12. The highest BCUT2D eigenvalue weighted by Gasteiger charge is 2.32. The molecule has 0 saturated carbocycles. The van der Waals surface area contributed by atoms with Crippen molar-refractivity contribution >= 4 is 28.4 Å². The predicted molar refractivity (Wildman–Crippen MR) is 124 cm³/mol. The number of carbonyl (C=O) groups excluding carboxylic acids is 1. The Bertz CT molecular complexity index is 1420. The van der Waals surface area contributed by atoms with Crippen molar-refractivity contribution in [3.63, 3.8) is 0 Å². The van der Waals surface area contributed by atoms with Gasteiger partial charge in [0.2, 0.25) is 0 Å². The number of hydrogen-bond donors (Lipinski definition) is 3. The molecule has 2 aliphatic rings. The first-order chi connectivity index (χ1) is 17.0. The summed E-state index contributed by atoms with van der Waals surface area (Å²) in [6.07, 6.45) is 3.05. The van der Waals surface area contributed by atoms with Gasteiger partial charge < -0.3 is 29.8 Å². The van der Waals surface area contributed by atoms with Gasteiger partial charge in [0.25, 0.3) is 5.91 Å². The lowest BCUT2D eigenvalue weighted by atomic mass is 10.1. The summed E-state index contributed by atoms with van der Waals surface area (Å²) in [6.45, 7) is 0.726. The molecule has 0 aliphatic carbocycles. The molecule has 0 spiro atoms. The lowest BCUT2D eigenvalue weighted by Crippen LogP contribution is -2.42. The van der Waals surface area contributed by atoms with Crippen LogP contribution in [0, 0.1) is 0 Å². The van der Waals surface area contributed by atoms with Gasteiger partial charge in [0.15, 0.2) is 5.65 Å². The van der Waals surface area contributed by atoms with Crippen molar-refractivity contribution in [2.75, 3.05) is 38.8 Å². The zero-order valence-corrected chi connectivity index (χ0v) is 18.9. The van der Waals surface area contributed by atoms with Crippen molar-refractivity contribution in [3.8, 4) is 11.3 Å². The van der Waals surface area contributed by atoms with Crippen LogP contribution in [0.3, 0.4) is 0 Å². The number of halogens is 1. The Morgan fingerprint density at radius 1 is 1.23 bits per heavy atom. The van der Waals surface area contributed by atoms with Gasteiger partial charge in [0.05, 0.1) is 56.5 Å². The van der Waals surface area contributed by atoms with Gasteiger partial charge in [-0.2, -0.15) is 9.61 Å². The number of amides is 1. The summed E-state index contributed by atoms with van der Waals surface area (Å²) in [5.41, 5.74) is 2.56. The largest absolute Gasteiger partial charge is 0.388 e. The number of aliphatic hydroxyl groups excluding tert-OH is 1. The van der Waals surface area contributed by atoms with Crippen molar-refractivity contribution in [1.29, 1.82) is 0 Å². The number of pyridine rings is 1. The van der Waals surface area contributed by atoms with Gasteiger partial charge in [-0.05, 0) is 12.1 Å². The molecule has 2 unspecified atom stereocenters. The van der Waals surface area contributed by atoms with Crippen molar-refractivity contribution in [3.05, 3.63) is 42.4 Å². The number of alkyl halides is 1. The predicted octanol–water partition coefficient (Wildman–Crippen LogP) is 1.19. The van der Waals surface area contributed by atoms with Gasteiger partial charge in [-0.1, -0.05) is 0 Å². The number of fused-ring (bicyclic) bond motifs is 2. The molecule has 4 atom stereocenters. The quantitative estimate of drug-likeness (QED) is 0.388. The Balaban J connectivity index is 1.47. The third-order valence-electron chi connectivity index (χ3n) is 6.55. The number of nitrogens with zero attached hydrogens (tertiary/aromatic N) is 5. The average molecular weight is 481 g/mol. The maximum absolute atomic E-state index is 14.6. The van der Waals surface area contributed by atoms with Crippen LogP contribution in [-0.4, -0.2) is 87.0 Å². The number of rotatable bonds is 5. The van der Waals surface area contributed by atoms with Crippen LogP contribution in [-0.2, 0) is 9.47 Å². The van der Waals surface area contributed by atoms with Crippen LogP contribution in [0.5, 0.6) is 0 Å². The maximum Gasteiger partial charge on any atom is 0.257 e. The maximum atomic E-state index is 14.6. The number of ether oxygens (including phenoxy) is 2. The van der Waals surface area contributed by atoms with Crippen molar-refractivity contribution in [2.24, 2.45) is 0 Å². The second kappa shape index (κ2) is 8.56. The van der Waals surface area contributed by atoms with E-state index in [1.807, 2.05) is 24.4 Å². The van der Waals surface area contributed by atoms with E-state index in [9.17, 15) is 14.3 Å². The minimum absolute atomic E-state index is 0.0512. The molecule has 4 aromatic rings. The van der Waals surface area contributed by atoms with E-state index in [1.54, 1.807) is 22.3 Å². The zero-order valence-electron chi connectivity index (χ0n) is 18.9. The third-order valence-corrected chi connectivity index (χ3v) is 6.55. The van der Waals surface area contributed by atoms with E-state index < -0.39 is 30.3 Å². The van der Waals surface area contributed by atoms with Crippen LogP contribution < -0.4 is 10.6 Å². The molecule has 2 fully saturated rings. The molecule has 0 bridgehead atoms. The second-order valence-electron chi connectivity index (χ2n) is 8.70. The molecular weight excluding hydrogens is 457 g/mol. The van der Waals surface area contributed by atoms with Gasteiger partial charge >= 0.3 is 0 Å². The molecule has 11 nitrogen and oxygen atoms in total. The van der Waals surface area contributed by atoms with Crippen LogP contribution in [0.15, 0.2) is 36.8 Å². The Morgan fingerprint density at radius 2 is 2.09 bits per heavy atom. The number of anilines is 1. The third kappa shape index (κ3) is 3.61. The number of aliphatic hydroxyl groups is 1. The first-order valence-electron chi connectivity index (χ1n) is 11.4. The number of nitrogens with one attached hydrogen (secondary N) is 2. The number of carbonyl (C=O) groups is 1. The first-order valence-corrected chi connectivity index (χ1v) is 11.4. The lowest BCUT2D eigenvalue weighted by Gasteiger charge is -2.14. The summed E-state index contributed by atoms with van der Waals surface area (Å²) in [6, 6.07) is 4.56. The van der Waals surface area contributed by atoms with Gasteiger partial charge in [-0.3, -0.25) is 4.79 Å². The molecule has 35 heavy (non-hydrogen) atoms. The van der Waals surface area contributed by atoms with E-state index in [0.717, 1.165) is 10.9 Å². The van der Waals surface area contributed by atoms with Gasteiger partial charge in [-0.25, -0.2) is 14.4 Å². The zero-order chi connectivity index (χ0) is 24.1. The fourth-order valence-electron chi connectivity index (χ4n) is 4.68. The number of aromatic nitrogens is 5. The van der Waals surface area contributed by atoms with Crippen LogP contribution in [0.1, 0.15) is 16.4 Å². The van der Waals surface area contributed by atoms with Crippen molar-refractivity contribution in [2.45, 2.75) is 24.4 Å². The van der Waals surface area contributed by atoms with Gasteiger partial charge in [0.1, 0.15) is 23.2 Å². The molecular formula is C23H24FN7O4. The minimum atomic E-state index is -1.14. The summed E-state index contributed by atoms with van der Waals surface area (Å²) >= 11 is 0. The molecule has 182 valence electrons. The van der Waals surface area contributed by atoms with Crippen LogP contribution in [0.25, 0.3) is 27.9 Å². The summed E-state index contributed by atoms with van der Waals surface area (Å²) in [7, 11) is 1.75. The molecule has 0 radical (unpaired) electrons. The second-order valence-corrected chi connectivity index (χ2v) is 8.70. The Kier molecular flexibility index (Phi) is 5.35. The highest BCUT2D eigenvalue weighted by molar-refractivity contribution is 6.01. The minimum Gasteiger partial charge on any atom is -0.388 e. The standard InChI is InChI=1S/C23H24FN7O4/c1-25-20-5-16(14-7-30(18-10-34-8-15(18)24)21-12(14)3-2-4-26-21)28-22-13(6-27-31(20)22)23(33)29-17-9-35-11-19(17)32/h2-7,15,17-19,25,32H,8-11H2,1H3,(H,29,33)/t15-,17?,18+,19?/m0/s1. The van der Waals surface area contributed by atoms with E-state index in [0.29, 0.717) is 22.8 Å². The van der Waals surface area contributed by atoms with Gasteiger partial charge in [0, 0.05) is 36.5 Å². The Hall–Kier alpha value is -3.61. The smallest absolute Gasteiger partial charge is 0.257 e. The average Bonchev–Trinajstić information content (AvgIpc) is 3.65. The molecule has 6 rings (SSSR count). The molecule has 4 aromatic heterocycles. The molecule has 0 aromatic carbocycles. The van der Waals surface area contributed by atoms with Gasteiger partial charge in [-0.15, -0.1) is 0 Å². The number of hydrogen-bond acceptors (Lipinski definition) is 8.